The van der Waals surface area contributed by atoms with E-state index in [4.69, 9.17) is 9.84 Å². The first-order valence-corrected chi connectivity index (χ1v) is 7.20. The highest BCUT2D eigenvalue weighted by atomic mass is 16.5. The van der Waals surface area contributed by atoms with E-state index >= 15 is 0 Å². The highest BCUT2D eigenvalue weighted by molar-refractivity contribution is 5.94. The first-order valence-electron chi connectivity index (χ1n) is 7.20. The molecule has 1 amide bonds. The number of nitrogens with zero attached hydrogens (tertiary/aromatic N) is 1. The number of aliphatic hydroxyl groups is 1. The molecule has 112 valence electrons. The van der Waals surface area contributed by atoms with Gasteiger partial charge in [-0.25, -0.2) is 0 Å². The Morgan fingerprint density at radius 1 is 1.43 bits per heavy atom. The van der Waals surface area contributed by atoms with Crippen molar-refractivity contribution < 1.29 is 14.6 Å². The van der Waals surface area contributed by atoms with Crippen LogP contribution < -0.4 is 5.32 Å². The summed E-state index contributed by atoms with van der Waals surface area (Å²) in [7, 11) is 0. The van der Waals surface area contributed by atoms with E-state index in [1.807, 2.05) is 0 Å². The first kappa shape index (κ1) is 15.5. The summed E-state index contributed by atoms with van der Waals surface area (Å²) in [6.07, 6.45) is 5.55. The molecule has 1 saturated heterocycles. The fourth-order valence-corrected chi connectivity index (χ4v) is 2.14. The zero-order chi connectivity index (χ0) is 14.9. The van der Waals surface area contributed by atoms with Gasteiger partial charge >= 0.3 is 0 Å². The lowest BCUT2D eigenvalue weighted by Crippen LogP contribution is -2.32. The van der Waals surface area contributed by atoms with Crippen molar-refractivity contribution in [1.82, 2.24) is 10.3 Å². The van der Waals surface area contributed by atoms with Crippen LogP contribution in [0.4, 0.5) is 0 Å². The molecule has 1 aliphatic rings. The Kier molecular flexibility index (Phi) is 6.20. The zero-order valence-corrected chi connectivity index (χ0v) is 12.0. The van der Waals surface area contributed by atoms with Gasteiger partial charge < -0.3 is 15.2 Å². The molecular formula is C16H20N2O3. The fourth-order valence-electron chi connectivity index (χ4n) is 2.14. The van der Waals surface area contributed by atoms with E-state index in [1.54, 1.807) is 12.3 Å². The normalized spacial score (nSPS) is 15.1. The summed E-state index contributed by atoms with van der Waals surface area (Å²) >= 11 is 0. The van der Waals surface area contributed by atoms with Crippen LogP contribution in [0.5, 0.6) is 0 Å². The molecule has 0 atom stereocenters. The number of aliphatic hydroxyl groups excluding tert-OH is 1. The molecule has 0 saturated carbocycles. The molecule has 0 radical (unpaired) electrons. The molecule has 0 unspecified atom stereocenters. The van der Waals surface area contributed by atoms with Crippen molar-refractivity contribution in [3.05, 3.63) is 29.6 Å². The lowest BCUT2D eigenvalue weighted by molar-refractivity contribution is 0.0642. The van der Waals surface area contributed by atoms with Crippen molar-refractivity contribution in [1.29, 1.82) is 0 Å². The minimum absolute atomic E-state index is 0.0334. The summed E-state index contributed by atoms with van der Waals surface area (Å²) in [6.45, 7) is 2.25. The molecule has 5 nitrogen and oxygen atoms in total. The maximum Gasteiger partial charge on any atom is 0.252 e. The number of rotatable bonds is 4. The summed E-state index contributed by atoms with van der Waals surface area (Å²) in [5.41, 5.74) is 1.19. The predicted molar refractivity (Wildman–Crippen MR) is 78.7 cm³/mol. The SMILES string of the molecule is O=C(NCC1CCOCC1)c1cncc(C#CCCO)c1. The van der Waals surface area contributed by atoms with Crippen LogP contribution in [0.3, 0.4) is 0 Å². The number of aromatic nitrogens is 1. The second-order valence-electron chi connectivity index (χ2n) is 5.00. The third kappa shape index (κ3) is 5.18. The Labute approximate surface area is 124 Å². The van der Waals surface area contributed by atoms with E-state index in [1.165, 1.54) is 6.20 Å². The molecule has 21 heavy (non-hydrogen) atoms. The first-order chi connectivity index (χ1) is 10.3. The highest BCUT2D eigenvalue weighted by Crippen LogP contribution is 2.13. The summed E-state index contributed by atoms with van der Waals surface area (Å²) in [5, 5.41) is 11.6. The van der Waals surface area contributed by atoms with Crippen LogP contribution >= 0.6 is 0 Å². The molecule has 1 aromatic heterocycles. The number of hydrogen-bond donors (Lipinski definition) is 2. The van der Waals surface area contributed by atoms with E-state index < -0.39 is 0 Å². The quantitative estimate of drug-likeness (QED) is 0.810. The summed E-state index contributed by atoms with van der Waals surface area (Å²) < 4.78 is 5.30. The lowest BCUT2D eigenvalue weighted by atomic mass is 10.0. The highest BCUT2D eigenvalue weighted by Gasteiger charge is 2.15. The van der Waals surface area contributed by atoms with Crippen molar-refractivity contribution >= 4 is 5.91 Å². The van der Waals surface area contributed by atoms with E-state index in [0.717, 1.165) is 26.1 Å². The molecule has 0 spiro atoms. The molecule has 2 heterocycles. The molecule has 2 N–H and O–H groups in total. The Hall–Kier alpha value is -1.90. The molecule has 1 aromatic rings. The maximum absolute atomic E-state index is 12.1. The van der Waals surface area contributed by atoms with Gasteiger partial charge in [-0.15, -0.1) is 0 Å². The molecule has 0 bridgehead atoms. The largest absolute Gasteiger partial charge is 0.395 e. The second kappa shape index (κ2) is 8.40. The van der Waals surface area contributed by atoms with Crippen molar-refractivity contribution in [3.63, 3.8) is 0 Å². The molecule has 5 heteroatoms. The van der Waals surface area contributed by atoms with Gasteiger partial charge in [-0.1, -0.05) is 11.8 Å². The molecule has 0 aliphatic carbocycles. The van der Waals surface area contributed by atoms with Crippen molar-refractivity contribution in [2.24, 2.45) is 5.92 Å². The van der Waals surface area contributed by atoms with Crippen LogP contribution in [-0.4, -0.2) is 42.4 Å². The Morgan fingerprint density at radius 2 is 2.24 bits per heavy atom. The maximum atomic E-state index is 12.1. The lowest BCUT2D eigenvalue weighted by Gasteiger charge is -2.22. The third-order valence-electron chi connectivity index (χ3n) is 3.36. The molecule has 1 aliphatic heterocycles. The van der Waals surface area contributed by atoms with Gasteiger partial charge in [0.2, 0.25) is 0 Å². The Balaban J connectivity index is 1.89. The smallest absolute Gasteiger partial charge is 0.252 e. The summed E-state index contributed by atoms with van der Waals surface area (Å²) in [5.74, 6) is 6.06. The number of amides is 1. The van der Waals surface area contributed by atoms with Crippen LogP contribution in [-0.2, 0) is 4.74 Å². The van der Waals surface area contributed by atoms with Crippen molar-refractivity contribution in [2.45, 2.75) is 19.3 Å². The summed E-state index contributed by atoms with van der Waals surface area (Å²) in [4.78, 5) is 16.1. The van der Waals surface area contributed by atoms with Crippen LogP contribution in [0.15, 0.2) is 18.5 Å². The van der Waals surface area contributed by atoms with E-state index in [2.05, 4.69) is 22.1 Å². The molecule has 1 fully saturated rings. The number of pyridine rings is 1. The molecule has 2 rings (SSSR count). The Morgan fingerprint density at radius 3 is 3.00 bits per heavy atom. The fraction of sp³-hybridized carbons (Fsp3) is 0.500. The molecule has 0 aromatic carbocycles. The predicted octanol–water partition coefficient (Wildman–Crippen LogP) is 0.972. The van der Waals surface area contributed by atoms with Gasteiger partial charge in [-0.3, -0.25) is 9.78 Å². The number of ether oxygens (including phenoxy) is 1. The topological polar surface area (TPSA) is 71.5 Å². The van der Waals surface area contributed by atoms with Gasteiger partial charge in [0, 0.05) is 44.1 Å². The average Bonchev–Trinajstić information content (AvgIpc) is 2.54. The monoisotopic (exact) mass is 288 g/mol. The van der Waals surface area contributed by atoms with Gasteiger partial charge in [-0.2, -0.15) is 0 Å². The van der Waals surface area contributed by atoms with E-state index in [-0.39, 0.29) is 12.5 Å². The average molecular weight is 288 g/mol. The minimum atomic E-state index is -0.125. The van der Waals surface area contributed by atoms with Gasteiger partial charge in [0.1, 0.15) is 0 Å². The number of carbonyl (C=O) groups excluding carboxylic acids is 1. The van der Waals surface area contributed by atoms with Gasteiger partial charge in [0.25, 0.3) is 5.91 Å². The third-order valence-corrected chi connectivity index (χ3v) is 3.36. The van der Waals surface area contributed by atoms with Gasteiger partial charge in [0.15, 0.2) is 0 Å². The number of hydrogen-bond acceptors (Lipinski definition) is 4. The van der Waals surface area contributed by atoms with Gasteiger partial charge in [0.05, 0.1) is 12.2 Å². The standard InChI is InChI=1S/C16H20N2O3/c19-6-2-1-3-14-9-15(12-17-10-14)16(20)18-11-13-4-7-21-8-5-13/h9-10,12-13,19H,2,4-8,11H2,(H,18,20). The van der Waals surface area contributed by atoms with Crippen molar-refractivity contribution in [2.75, 3.05) is 26.4 Å². The Bertz CT molecular complexity index is 528. The minimum Gasteiger partial charge on any atom is -0.395 e. The molecular weight excluding hydrogens is 268 g/mol. The second-order valence-corrected chi connectivity index (χ2v) is 5.00. The van der Waals surface area contributed by atoms with Crippen LogP contribution in [0.2, 0.25) is 0 Å². The van der Waals surface area contributed by atoms with E-state index in [0.29, 0.717) is 30.0 Å². The summed E-state index contributed by atoms with van der Waals surface area (Å²) in [6, 6.07) is 1.72. The van der Waals surface area contributed by atoms with Crippen LogP contribution in [0.1, 0.15) is 35.2 Å². The van der Waals surface area contributed by atoms with Crippen LogP contribution in [0.25, 0.3) is 0 Å². The number of carbonyl (C=O) groups is 1. The van der Waals surface area contributed by atoms with Crippen molar-refractivity contribution in [3.8, 4) is 11.8 Å². The number of nitrogens with one attached hydrogen (secondary N) is 1. The van der Waals surface area contributed by atoms with E-state index in [9.17, 15) is 4.79 Å². The van der Waals surface area contributed by atoms with Crippen LogP contribution in [0, 0.1) is 17.8 Å². The zero-order valence-electron chi connectivity index (χ0n) is 12.0. The van der Waals surface area contributed by atoms with Gasteiger partial charge in [-0.05, 0) is 24.8 Å².